The van der Waals surface area contributed by atoms with Gasteiger partial charge in [0.05, 0.1) is 11.6 Å². The first kappa shape index (κ1) is 19.6. The largest absolute Gasteiger partial charge is 0.431 e. The van der Waals surface area contributed by atoms with E-state index in [0.29, 0.717) is 5.22 Å². The summed E-state index contributed by atoms with van der Waals surface area (Å²) in [6.45, 7) is 0. The van der Waals surface area contributed by atoms with Crippen LogP contribution in [0.3, 0.4) is 0 Å². The van der Waals surface area contributed by atoms with Crippen molar-refractivity contribution < 1.29 is 9.21 Å². The van der Waals surface area contributed by atoms with Gasteiger partial charge in [0.15, 0.2) is 5.58 Å². The van der Waals surface area contributed by atoms with Gasteiger partial charge in [0, 0.05) is 0 Å². The van der Waals surface area contributed by atoms with Crippen molar-refractivity contribution in [1.29, 1.82) is 0 Å². The lowest BCUT2D eigenvalue weighted by Gasteiger charge is -2.55. The average molecular weight is 436 g/mol. The number of carbonyl (C=O) groups excluding carboxylic acids is 1. The Morgan fingerprint density at radius 3 is 2.55 bits per heavy atom. The van der Waals surface area contributed by atoms with Gasteiger partial charge in [-0.3, -0.25) is 4.79 Å². The molecule has 1 amide bonds. The van der Waals surface area contributed by atoms with Gasteiger partial charge in [0.2, 0.25) is 5.91 Å². The molecule has 6 heteroatoms. The highest BCUT2D eigenvalue weighted by Crippen LogP contribution is 2.60. The molecule has 0 atom stereocenters. The third-order valence-corrected chi connectivity index (χ3v) is 8.91. The van der Waals surface area contributed by atoms with E-state index in [4.69, 9.17) is 4.42 Å². The molecule has 4 bridgehead atoms. The second kappa shape index (κ2) is 7.80. The molecule has 1 aromatic heterocycles. The third-order valence-electron chi connectivity index (χ3n) is 7.85. The van der Waals surface area contributed by atoms with Crippen molar-refractivity contribution in [3.63, 3.8) is 0 Å². The van der Waals surface area contributed by atoms with Crippen LogP contribution in [0.5, 0.6) is 0 Å². The molecule has 0 aliphatic heterocycles. The minimum atomic E-state index is -0.150. The van der Waals surface area contributed by atoms with Crippen molar-refractivity contribution in [1.82, 2.24) is 10.4 Å². The first-order chi connectivity index (χ1) is 15.2. The van der Waals surface area contributed by atoms with Crippen LogP contribution in [0.25, 0.3) is 11.1 Å². The molecule has 0 radical (unpaired) electrons. The Hall–Kier alpha value is -2.08. The number of carbonyl (C=O) groups is 1. The van der Waals surface area contributed by atoms with Crippen molar-refractivity contribution in [2.24, 2.45) is 28.3 Å². The number of thioether (sulfide) groups is 1. The van der Waals surface area contributed by atoms with E-state index in [-0.39, 0.29) is 11.3 Å². The van der Waals surface area contributed by atoms with Crippen molar-refractivity contribution >= 4 is 35.0 Å². The first-order valence-electron chi connectivity index (χ1n) is 11.8. The highest BCUT2D eigenvalue weighted by atomic mass is 32.2. The molecule has 0 saturated heterocycles. The molecule has 0 spiro atoms. The van der Waals surface area contributed by atoms with E-state index < -0.39 is 0 Å². The minimum absolute atomic E-state index is 0.150. The molecule has 4 fully saturated rings. The van der Waals surface area contributed by atoms with Crippen LogP contribution in [0.4, 0.5) is 0 Å². The lowest BCUT2D eigenvalue weighted by atomic mass is 9.49. The highest BCUT2D eigenvalue weighted by Gasteiger charge is 2.54. The van der Waals surface area contributed by atoms with E-state index in [1.807, 2.05) is 30.5 Å². The summed E-state index contributed by atoms with van der Waals surface area (Å²) in [6.07, 6.45) is 13.4. The summed E-state index contributed by atoms with van der Waals surface area (Å²) in [6, 6.07) is 7.86. The Morgan fingerprint density at radius 1 is 1.10 bits per heavy atom. The van der Waals surface area contributed by atoms with Crippen LogP contribution in [0, 0.1) is 23.2 Å². The zero-order valence-corrected chi connectivity index (χ0v) is 18.6. The number of amides is 1. The zero-order chi connectivity index (χ0) is 20.8. The SMILES string of the molecule is O=C(N/N=C\C1=C(Sc2nc3ccccc3o2)CCCC1)C12CC3CC(CC(C3)C1)C2. The van der Waals surface area contributed by atoms with E-state index >= 15 is 0 Å². The standard InChI is InChI=1S/C25H29N3O2S/c29-23(25-12-16-9-17(13-25)11-18(10-16)14-25)28-26-15-19-5-1-4-8-22(19)31-24-27-20-6-2-3-7-21(20)30-24/h2-3,6-7,15-18H,1,4-5,8-14H2,(H,28,29)/b26-15-. The smallest absolute Gasteiger partial charge is 0.261 e. The van der Waals surface area contributed by atoms with Crippen LogP contribution in [-0.4, -0.2) is 17.1 Å². The predicted octanol–water partition coefficient (Wildman–Crippen LogP) is 6.07. The second-order valence-corrected chi connectivity index (χ2v) is 11.1. The van der Waals surface area contributed by atoms with Crippen molar-refractivity contribution in [2.45, 2.75) is 69.4 Å². The normalized spacial score (nSPS) is 32.3. The summed E-state index contributed by atoms with van der Waals surface area (Å²) < 4.78 is 5.90. The maximum Gasteiger partial charge on any atom is 0.261 e. The second-order valence-electron chi connectivity index (χ2n) is 10.1. The van der Waals surface area contributed by atoms with Crippen molar-refractivity contribution in [3.8, 4) is 0 Å². The van der Waals surface area contributed by atoms with Gasteiger partial charge in [-0.15, -0.1) is 0 Å². The fraction of sp³-hybridized carbons (Fsp3) is 0.560. The number of aromatic nitrogens is 1. The first-order valence-corrected chi connectivity index (χ1v) is 12.6. The molecule has 31 heavy (non-hydrogen) atoms. The number of nitrogens with zero attached hydrogens (tertiary/aromatic N) is 2. The molecule has 7 rings (SSSR count). The van der Waals surface area contributed by atoms with E-state index in [1.54, 1.807) is 11.8 Å². The summed E-state index contributed by atoms with van der Waals surface area (Å²) in [5.41, 5.74) is 5.70. The molecule has 4 saturated carbocycles. The van der Waals surface area contributed by atoms with Crippen LogP contribution < -0.4 is 5.43 Å². The van der Waals surface area contributed by atoms with Crippen LogP contribution >= 0.6 is 11.8 Å². The van der Waals surface area contributed by atoms with Crippen molar-refractivity contribution in [3.05, 3.63) is 34.7 Å². The fourth-order valence-electron chi connectivity index (χ4n) is 6.83. The summed E-state index contributed by atoms with van der Waals surface area (Å²) in [5, 5.41) is 5.12. The summed E-state index contributed by atoms with van der Waals surface area (Å²) >= 11 is 1.60. The Balaban J connectivity index is 1.16. The van der Waals surface area contributed by atoms with Crippen LogP contribution in [-0.2, 0) is 4.79 Å². The van der Waals surface area contributed by atoms with Crippen LogP contribution in [0.1, 0.15) is 64.2 Å². The van der Waals surface area contributed by atoms with Gasteiger partial charge < -0.3 is 4.42 Å². The maximum absolute atomic E-state index is 13.1. The number of rotatable bonds is 5. The van der Waals surface area contributed by atoms with E-state index in [9.17, 15) is 4.79 Å². The molecular weight excluding hydrogens is 406 g/mol. The van der Waals surface area contributed by atoms with Crippen LogP contribution in [0.15, 0.2) is 49.5 Å². The number of oxazole rings is 1. The molecule has 0 unspecified atom stereocenters. The van der Waals surface area contributed by atoms with E-state index in [1.165, 1.54) is 36.2 Å². The zero-order valence-electron chi connectivity index (χ0n) is 17.8. The van der Waals surface area contributed by atoms with Gasteiger partial charge in [0.1, 0.15) is 5.52 Å². The Labute approximate surface area is 187 Å². The quantitative estimate of drug-likeness (QED) is 0.457. The Kier molecular flexibility index (Phi) is 4.93. The number of hydrogen-bond acceptors (Lipinski definition) is 5. The van der Waals surface area contributed by atoms with Gasteiger partial charge in [-0.2, -0.15) is 5.10 Å². The molecule has 1 aromatic carbocycles. The monoisotopic (exact) mass is 435 g/mol. The van der Waals surface area contributed by atoms with E-state index in [2.05, 4.69) is 15.5 Å². The molecule has 2 aromatic rings. The number of nitrogens with one attached hydrogen (secondary N) is 1. The number of hydrazone groups is 1. The molecule has 5 nitrogen and oxygen atoms in total. The molecular formula is C25H29N3O2S. The molecule has 5 aliphatic carbocycles. The summed E-state index contributed by atoms with van der Waals surface area (Å²) in [7, 11) is 0. The number of para-hydroxylation sites is 2. The fourth-order valence-corrected chi connectivity index (χ4v) is 7.85. The topological polar surface area (TPSA) is 67.5 Å². The Bertz CT molecular complexity index is 1000. The van der Waals surface area contributed by atoms with Crippen molar-refractivity contribution in [2.75, 3.05) is 0 Å². The van der Waals surface area contributed by atoms with Crippen LogP contribution in [0.2, 0.25) is 0 Å². The number of hydrogen-bond donors (Lipinski definition) is 1. The predicted molar refractivity (Wildman–Crippen MR) is 123 cm³/mol. The third kappa shape index (κ3) is 3.73. The molecule has 5 aliphatic rings. The highest BCUT2D eigenvalue weighted by molar-refractivity contribution is 8.02. The average Bonchev–Trinajstić information content (AvgIpc) is 3.16. The lowest BCUT2D eigenvalue weighted by molar-refractivity contribution is -0.146. The van der Waals surface area contributed by atoms with Gasteiger partial charge >= 0.3 is 0 Å². The van der Waals surface area contributed by atoms with Gasteiger partial charge in [-0.05, 0) is 116 Å². The minimum Gasteiger partial charge on any atom is -0.431 e. The lowest BCUT2D eigenvalue weighted by Crippen LogP contribution is -2.52. The molecule has 1 heterocycles. The summed E-state index contributed by atoms with van der Waals surface area (Å²) in [4.78, 5) is 19.0. The molecule has 162 valence electrons. The van der Waals surface area contributed by atoms with Gasteiger partial charge in [-0.25, -0.2) is 10.4 Å². The maximum atomic E-state index is 13.1. The molecule has 1 N–H and O–H groups in total. The van der Waals surface area contributed by atoms with Gasteiger partial charge in [-0.1, -0.05) is 12.1 Å². The van der Waals surface area contributed by atoms with E-state index in [0.717, 1.165) is 67.4 Å². The number of benzene rings is 1. The summed E-state index contributed by atoms with van der Waals surface area (Å²) in [5.74, 6) is 2.46. The number of fused-ring (bicyclic) bond motifs is 1. The van der Waals surface area contributed by atoms with Gasteiger partial charge in [0.25, 0.3) is 5.22 Å². The number of allylic oxidation sites excluding steroid dienone is 2. The Morgan fingerprint density at radius 2 is 1.81 bits per heavy atom.